The first kappa shape index (κ1) is 18.6. The Kier molecular flexibility index (Phi) is 5.54. The van der Waals surface area contributed by atoms with Gasteiger partial charge in [0.15, 0.2) is 5.76 Å². The van der Waals surface area contributed by atoms with Crippen molar-refractivity contribution >= 4 is 6.03 Å². The number of hydrogen-bond donors (Lipinski definition) is 1. The summed E-state index contributed by atoms with van der Waals surface area (Å²) in [5.74, 6) is 0.609. The number of amides is 2. The molecule has 0 fully saturated rings. The minimum atomic E-state index is -0.178. The van der Waals surface area contributed by atoms with Gasteiger partial charge in [-0.2, -0.15) is 5.10 Å². The third kappa shape index (κ3) is 4.52. The number of nitrogens with zero attached hydrogens (tertiary/aromatic N) is 5. The van der Waals surface area contributed by atoms with Crippen LogP contribution in [0, 0.1) is 13.8 Å². The molecule has 1 N–H and O–H groups in total. The first-order valence-corrected chi connectivity index (χ1v) is 8.81. The van der Waals surface area contributed by atoms with Crippen LogP contribution >= 0.6 is 0 Å². The number of carbonyl (C=O) groups is 1. The van der Waals surface area contributed by atoms with E-state index < -0.39 is 0 Å². The third-order valence-electron chi connectivity index (χ3n) is 4.27. The van der Waals surface area contributed by atoms with Gasteiger partial charge in [-0.25, -0.2) is 4.79 Å². The second-order valence-corrected chi connectivity index (χ2v) is 6.68. The molecule has 2 amide bonds. The van der Waals surface area contributed by atoms with E-state index in [0.717, 1.165) is 17.0 Å². The Labute approximate surface area is 158 Å². The molecular weight excluding hydrogens is 344 g/mol. The van der Waals surface area contributed by atoms with Crippen molar-refractivity contribution in [3.05, 3.63) is 53.8 Å². The van der Waals surface area contributed by atoms with Gasteiger partial charge in [0.05, 0.1) is 18.3 Å². The second kappa shape index (κ2) is 8.03. The number of pyridine rings is 1. The van der Waals surface area contributed by atoms with Crippen molar-refractivity contribution in [2.24, 2.45) is 0 Å². The molecule has 0 aromatic carbocycles. The van der Waals surface area contributed by atoms with Gasteiger partial charge in [-0.15, -0.1) is 0 Å². The Morgan fingerprint density at radius 3 is 2.85 bits per heavy atom. The van der Waals surface area contributed by atoms with Gasteiger partial charge in [-0.1, -0.05) is 5.16 Å². The highest BCUT2D eigenvalue weighted by molar-refractivity contribution is 5.73. The maximum atomic E-state index is 12.4. The molecule has 0 spiro atoms. The maximum absolute atomic E-state index is 12.4. The van der Waals surface area contributed by atoms with Crippen LogP contribution in [-0.2, 0) is 6.54 Å². The maximum Gasteiger partial charge on any atom is 0.317 e. The van der Waals surface area contributed by atoms with E-state index in [9.17, 15) is 4.79 Å². The van der Waals surface area contributed by atoms with Crippen LogP contribution in [0.4, 0.5) is 4.79 Å². The highest BCUT2D eigenvalue weighted by Gasteiger charge is 2.15. The summed E-state index contributed by atoms with van der Waals surface area (Å²) in [7, 11) is 1.72. The Balaban J connectivity index is 1.53. The molecule has 142 valence electrons. The molecule has 0 radical (unpaired) electrons. The van der Waals surface area contributed by atoms with E-state index in [0.29, 0.717) is 24.5 Å². The Morgan fingerprint density at radius 1 is 1.37 bits per heavy atom. The quantitative estimate of drug-likeness (QED) is 0.722. The predicted octanol–water partition coefficient (Wildman–Crippen LogP) is 2.95. The summed E-state index contributed by atoms with van der Waals surface area (Å²) >= 11 is 0. The highest BCUT2D eigenvalue weighted by Crippen LogP contribution is 2.18. The van der Waals surface area contributed by atoms with Crippen molar-refractivity contribution in [3.63, 3.8) is 0 Å². The van der Waals surface area contributed by atoms with E-state index in [1.807, 2.05) is 49.7 Å². The predicted molar refractivity (Wildman–Crippen MR) is 101 cm³/mol. The molecule has 0 bridgehead atoms. The molecule has 0 aliphatic rings. The van der Waals surface area contributed by atoms with Gasteiger partial charge in [-0.05, 0) is 39.0 Å². The van der Waals surface area contributed by atoms with Crippen molar-refractivity contribution in [1.29, 1.82) is 0 Å². The lowest BCUT2D eigenvalue weighted by Crippen LogP contribution is -2.39. The van der Waals surface area contributed by atoms with Crippen molar-refractivity contribution in [2.75, 3.05) is 13.6 Å². The van der Waals surface area contributed by atoms with E-state index in [1.54, 1.807) is 24.3 Å². The van der Waals surface area contributed by atoms with Crippen molar-refractivity contribution in [2.45, 2.75) is 33.4 Å². The lowest BCUT2D eigenvalue weighted by atomic mass is 10.2. The van der Waals surface area contributed by atoms with Crippen molar-refractivity contribution in [1.82, 2.24) is 30.1 Å². The Bertz CT molecular complexity index is 902. The standard InChI is InChI=1S/C19H24N6O2/c1-13-8-14(2)25(22-13)15(3)10-21-19(26)24(4)12-17-9-18(23-27-17)16-6-5-7-20-11-16/h5-9,11,15H,10,12H2,1-4H3,(H,21,26). The number of carbonyl (C=O) groups excluding carboxylic acids is 1. The summed E-state index contributed by atoms with van der Waals surface area (Å²) in [6, 6.07) is 7.48. The molecule has 3 aromatic rings. The van der Waals surface area contributed by atoms with E-state index in [4.69, 9.17) is 4.52 Å². The summed E-state index contributed by atoms with van der Waals surface area (Å²) in [4.78, 5) is 18.0. The van der Waals surface area contributed by atoms with Gasteiger partial charge < -0.3 is 14.7 Å². The fraction of sp³-hybridized carbons (Fsp3) is 0.368. The molecule has 3 rings (SSSR count). The van der Waals surface area contributed by atoms with E-state index >= 15 is 0 Å². The van der Waals surface area contributed by atoms with E-state index in [2.05, 4.69) is 20.6 Å². The Hall–Kier alpha value is -3.16. The van der Waals surface area contributed by atoms with E-state index in [-0.39, 0.29) is 12.1 Å². The van der Waals surface area contributed by atoms with Crippen LogP contribution in [0.1, 0.15) is 30.1 Å². The van der Waals surface area contributed by atoms with Crippen LogP contribution in [0.5, 0.6) is 0 Å². The molecule has 0 aliphatic heterocycles. The zero-order valence-electron chi connectivity index (χ0n) is 16.0. The van der Waals surface area contributed by atoms with Crippen LogP contribution in [0.2, 0.25) is 0 Å². The molecule has 0 saturated carbocycles. The SMILES string of the molecule is Cc1cc(C)n(C(C)CNC(=O)N(C)Cc2cc(-c3cccnc3)no2)n1. The summed E-state index contributed by atoms with van der Waals surface area (Å²) in [6.07, 6.45) is 3.42. The topological polar surface area (TPSA) is 89.1 Å². The first-order chi connectivity index (χ1) is 12.9. The summed E-state index contributed by atoms with van der Waals surface area (Å²) in [5.41, 5.74) is 3.62. The van der Waals surface area contributed by atoms with Crippen LogP contribution in [0.3, 0.4) is 0 Å². The smallest absolute Gasteiger partial charge is 0.317 e. The van der Waals surface area contributed by atoms with Gasteiger partial charge >= 0.3 is 6.03 Å². The summed E-state index contributed by atoms with van der Waals surface area (Å²) in [6.45, 7) is 6.81. The molecule has 0 saturated heterocycles. The first-order valence-electron chi connectivity index (χ1n) is 8.81. The molecule has 27 heavy (non-hydrogen) atoms. The lowest BCUT2D eigenvalue weighted by Gasteiger charge is -2.19. The molecule has 3 aromatic heterocycles. The van der Waals surface area contributed by atoms with Crippen LogP contribution in [0.25, 0.3) is 11.3 Å². The van der Waals surface area contributed by atoms with Crippen LogP contribution < -0.4 is 5.32 Å². The normalized spacial score (nSPS) is 12.0. The van der Waals surface area contributed by atoms with E-state index in [1.165, 1.54) is 0 Å². The number of aromatic nitrogens is 4. The molecule has 8 nitrogen and oxygen atoms in total. The average Bonchev–Trinajstić information content (AvgIpc) is 3.26. The average molecular weight is 368 g/mol. The van der Waals surface area contributed by atoms with Crippen LogP contribution in [0.15, 0.2) is 41.2 Å². The van der Waals surface area contributed by atoms with Crippen LogP contribution in [-0.4, -0.2) is 44.4 Å². The van der Waals surface area contributed by atoms with Gasteiger partial charge in [0, 0.05) is 43.3 Å². The minimum Gasteiger partial charge on any atom is -0.359 e. The Morgan fingerprint density at radius 2 is 2.19 bits per heavy atom. The third-order valence-corrected chi connectivity index (χ3v) is 4.27. The fourth-order valence-corrected chi connectivity index (χ4v) is 2.89. The molecular formula is C19H24N6O2. The fourth-order valence-electron chi connectivity index (χ4n) is 2.89. The molecule has 0 aliphatic carbocycles. The van der Waals surface area contributed by atoms with Gasteiger partial charge in [-0.3, -0.25) is 9.67 Å². The number of nitrogens with one attached hydrogen (secondary N) is 1. The molecule has 1 unspecified atom stereocenters. The number of urea groups is 1. The minimum absolute atomic E-state index is 0.0681. The summed E-state index contributed by atoms with van der Waals surface area (Å²) < 4.78 is 7.26. The number of rotatable bonds is 6. The zero-order valence-corrected chi connectivity index (χ0v) is 16.0. The molecule has 3 heterocycles. The second-order valence-electron chi connectivity index (χ2n) is 6.68. The molecule has 1 atom stereocenters. The monoisotopic (exact) mass is 368 g/mol. The highest BCUT2D eigenvalue weighted by atomic mass is 16.5. The number of hydrogen-bond acceptors (Lipinski definition) is 5. The van der Waals surface area contributed by atoms with Gasteiger partial charge in [0.2, 0.25) is 0 Å². The van der Waals surface area contributed by atoms with Crippen molar-refractivity contribution in [3.8, 4) is 11.3 Å². The zero-order chi connectivity index (χ0) is 19.4. The van der Waals surface area contributed by atoms with Gasteiger partial charge in [0.25, 0.3) is 0 Å². The summed E-state index contributed by atoms with van der Waals surface area (Å²) in [5, 5.41) is 11.4. The number of aryl methyl sites for hydroxylation is 2. The van der Waals surface area contributed by atoms with Crippen molar-refractivity contribution < 1.29 is 9.32 Å². The lowest BCUT2D eigenvalue weighted by molar-refractivity contribution is 0.199. The van der Waals surface area contributed by atoms with Gasteiger partial charge in [0.1, 0.15) is 5.69 Å². The molecule has 8 heteroatoms. The largest absolute Gasteiger partial charge is 0.359 e.